The van der Waals surface area contributed by atoms with Crippen LogP contribution in [-0.4, -0.2) is 30.5 Å². The largest absolute Gasteiger partial charge is 0.385 e. The molecule has 2 aromatic heterocycles. The molecule has 0 saturated heterocycles. The molecule has 1 saturated carbocycles. The van der Waals surface area contributed by atoms with Gasteiger partial charge in [0.25, 0.3) is 15.6 Å². The smallest absolute Gasteiger partial charge is 0.333 e. The van der Waals surface area contributed by atoms with E-state index in [0.29, 0.717) is 31.8 Å². The second-order valence-electron chi connectivity index (χ2n) is 8.75. The summed E-state index contributed by atoms with van der Waals surface area (Å²) in [6.07, 6.45) is 2.43. The summed E-state index contributed by atoms with van der Waals surface area (Å²) in [7, 11) is -4.00. The normalized spacial score (nSPS) is 13.5. The summed E-state index contributed by atoms with van der Waals surface area (Å²) < 4.78 is 28.3. The Labute approximate surface area is 229 Å². The van der Waals surface area contributed by atoms with Crippen LogP contribution in [0.25, 0.3) is 16.6 Å². The molecule has 13 heteroatoms. The van der Waals surface area contributed by atoms with E-state index in [2.05, 4.69) is 15.6 Å². The summed E-state index contributed by atoms with van der Waals surface area (Å²) >= 11 is 3.01. The van der Waals surface area contributed by atoms with E-state index < -0.39 is 27.3 Å². The van der Waals surface area contributed by atoms with E-state index in [-0.39, 0.29) is 4.21 Å². The topological polar surface area (TPSA) is 142 Å². The van der Waals surface area contributed by atoms with Crippen molar-refractivity contribution < 1.29 is 13.2 Å². The molecule has 4 aromatic rings. The highest BCUT2D eigenvalue weighted by Gasteiger charge is 2.21. The second kappa shape index (κ2) is 9.95. The number of rotatable bonds is 7. The number of halogens is 1. The van der Waals surface area contributed by atoms with Crippen molar-refractivity contribution in [3.05, 3.63) is 77.8 Å². The number of hydrogen-bond acceptors (Lipinski definition) is 7. The van der Waals surface area contributed by atoms with Crippen LogP contribution in [0.3, 0.4) is 0 Å². The van der Waals surface area contributed by atoms with Crippen molar-refractivity contribution in [2.45, 2.75) is 24.0 Å². The minimum Gasteiger partial charge on any atom is -0.385 e. The first-order chi connectivity index (χ1) is 17.6. The van der Waals surface area contributed by atoms with Gasteiger partial charge in [0.05, 0.1) is 16.6 Å². The lowest BCUT2D eigenvalue weighted by Crippen LogP contribution is -2.35. The van der Waals surface area contributed by atoms with Crippen LogP contribution in [-0.2, 0) is 10.0 Å². The van der Waals surface area contributed by atoms with E-state index in [1.165, 1.54) is 31.0 Å². The first kappa shape index (κ1) is 25.5. The summed E-state index contributed by atoms with van der Waals surface area (Å²) in [5.41, 5.74) is 0.842. The molecular weight excluding hydrogens is 629 g/mol. The number of nitrogens with one attached hydrogen (secondary N) is 4. The van der Waals surface area contributed by atoms with Gasteiger partial charge < -0.3 is 15.6 Å². The Hall–Kier alpha value is -3.17. The molecule has 2 aromatic carbocycles. The number of carbonyl (C=O) groups is 1. The molecule has 0 aliphatic heterocycles. The highest BCUT2D eigenvalue weighted by molar-refractivity contribution is 14.1. The lowest BCUT2D eigenvalue weighted by molar-refractivity contribution is 0.256. The van der Waals surface area contributed by atoms with Crippen molar-refractivity contribution in [3.63, 3.8) is 0 Å². The molecule has 5 rings (SSSR count). The number of anilines is 2. The van der Waals surface area contributed by atoms with Crippen LogP contribution in [0.1, 0.15) is 17.7 Å². The number of sulfonamides is 1. The molecule has 1 fully saturated rings. The fraction of sp³-hybridized carbons (Fsp3) is 0.208. The average Bonchev–Trinajstić information content (AvgIpc) is 3.55. The zero-order valence-corrected chi connectivity index (χ0v) is 23.3. The molecule has 10 nitrogen and oxygen atoms in total. The summed E-state index contributed by atoms with van der Waals surface area (Å²) in [5.74, 6) is 0.683. The third-order valence-corrected chi connectivity index (χ3v) is 9.53. The SMILES string of the molecule is Cc1ccc(S(=O)(=O)NC(=O)Nc2ccc(-n3c(=O)[nH]c4cc(NCC5CC5)ccc4c3=O)c(I)c2)s1. The molecular formula is C24H22IN5O5S2. The minimum absolute atomic E-state index is 0.0331. The van der Waals surface area contributed by atoms with Gasteiger partial charge in [-0.3, -0.25) is 4.79 Å². The van der Waals surface area contributed by atoms with Gasteiger partial charge in [0.1, 0.15) is 4.21 Å². The Morgan fingerprint density at radius 3 is 2.54 bits per heavy atom. The van der Waals surface area contributed by atoms with Crippen molar-refractivity contribution in [2.24, 2.45) is 5.92 Å². The minimum atomic E-state index is -4.00. The Morgan fingerprint density at radius 2 is 1.86 bits per heavy atom. The number of fused-ring (bicyclic) bond motifs is 1. The number of aromatic nitrogens is 2. The first-order valence-corrected chi connectivity index (χ1v) is 14.7. The molecule has 0 radical (unpaired) electrons. The molecule has 0 spiro atoms. The summed E-state index contributed by atoms with van der Waals surface area (Å²) in [5, 5.41) is 6.17. The number of nitrogens with zero attached hydrogens (tertiary/aromatic N) is 1. The maximum Gasteiger partial charge on any atom is 0.333 e. The van der Waals surface area contributed by atoms with E-state index in [0.717, 1.165) is 33.0 Å². The first-order valence-electron chi connectivity index (χ1n) is 11.3. The molecule has 0 bridgehead atoms. The number of H-pyrrole nitrogens is 1. The molecule has 2 amide bonds. The van der Waals surface area contributed by atoms with Gasteiger partial charge in [0.2, 0.25) is 0 Å². The number of thiophene rings is 1. The van der Waals surface area contributed by atoms with Crippen LogP contribution in [0.15, 0.2) is 62.3 Å². The molecule has 0 atom stereocenters. The van der Waals surface area contributed by atoms with Crippen LogP contribution in [0.4, 0.5) is 16.2 Å². The van der Waals surface area contributed by atoms with Gasteiger partial charge in [-0.1, -0.05) is 0 Å². The van der Waals surface area contributed by atoms with E-state index in [9.17, 15) is 22.8 Å². The van der Waals surface area contributed by atoms with Crippen molar-refractivity contribution >= 4 is 72.3 Å². The third-order valence-electron chi connectivity index (χ3n) is 5.84. The van der Waals surface area contributed by atoms with Crippen LogP contribution >= 0.6 is 33.9 Å². The van der Waals surface area contributed by atoms with Gasteiger partial charge in [0, 0.05) is 26.4 Å². The Morgan fingerprint density at radius 1 is 1.11 bits per heavy atom. The maximum absolute atomic E-state index is 13.2. The monoisotopic (exact) mass is 651 g/mol. The Balaban J connectivity index is 1.37. The van der Waals surface area contributed by atoms with Crippen LogP contribution in [0, 0.1) is 16.4 Å². The number of urea groups is 1. The number of hydrogen-bond donors (Lipinski definition) is 4. The number of carbonyl (C=O) groups excluding carboxylic acids is 1. The standard InChI is InChI=1S/C24H22IN5O5S2/c1-13-2-9-21(36-13)37(34,35)29-23(32)27-16-6-8-20(18(25)10-16)30-22(31)17-7-5-15(26-12-14-3-4-14)11-19(17)28-24(30)33/h2,5-11,14,26H,3-4,12H2,1H3,(H,28,33)(H2,27,29,32). The highest BCUT2D eigenvalue weighted by atomic mass is 127. The van der Waals surface area contributed by atoms with Crippen molar-refractivity contribution in [2.75, 3.05) is 17.2 Å². The Bertz CT molecular complexity index is 1760. The molecule has 0 unspecified atom stereocenters. The molecule has 4 N–H and O–H groups in total. The van der Waals surface area contributed by atoms with Crippen molar-refractivity contribution in [3.8, 4) is 5.69 Å². The Kier molecular flexibility index (Phi) is 6.85. The summed E-state index contributed by atoms with van der Waals surface area (Å²) in [4.78, 5) is 42.0. The summed E-state index contributed by atoms with van der Waals surface area (Å²) in [6.45, 7) is 2.63. The molecule has 2 heterocycles. The lowest BCUT2D eigenvalue weighted by atomic mass is 10.2. The van der Waals surface area contributed by atoms with E-state index >= 15 is 0 Å². The molecule has 37 heavy (non-hydrogen) atoms. The summed E-state index contributed by atoms with van der Waals surface area (Å²) in [6, 6.07) is 11.9. The highest BCUT2D eigenvalue weighted by Crippen LogP contribution is 2.29. The molecule has 1 aliphatic carbocycles. The molecule has 192 valence electrons. The maximum atomic E-state index is 13.2. The lowest BCUT2D eigenvalue weighted by Gasteiger charge is -2.12. The van der Waals surface area contributed by atoms with Gasteiger partial charge in [-0.25, -0.2) is 27.3 Å². The number of benzene rings is 2. The number of aromatic amines is 1. The molecule has 1 aliphatic rings. The van der Waals surface area contributed by atoms with Crippen molar-refractivity contribution in [1.29, 1.82) is 0 Å². The van der Waals surface area contributed by atoms with Crippen molar-refractivity contribution in [1.82, 2.24) is 14.3 Å². The number of amides is 2. The van der Waals surface area contributed by atoms with Crippen LogP contribution in [0.2, 0.25) is 0 Å². The van der Waals surface area contributed by atoms with E-state index in [4.69, 9.17) is 0 Å². The predicted molar refractivity (Wildman–Crippen MR) is 152 cm³/mol. The van der Waals surface area contributed by atoms with Crippen LogP contribution in [0.5, 0.6) is 0 Å². The van der Waals surface area contributed by atoms with Gasteiger partial charge in [-0.15, -0.1) is 11.3 Å². The van der Waals surface area contributed by atoms with Gasteiger partial charge in [-0.2, -0.15) is 0 Å². The van der Waals surface area contributed by atoms with E-state index in [1.54, 1.807) is 31.2 Å². The average molecular weight is 652 g/mol. The predicted octanol–water partition coefficient (Wildman–Crippen LogP) is 3.99. The zero-order chi connectivity index (χ0) is 26.3. The number of aryl methyl sites for hydroxylation is 1. The second-order valence-corrected chi connectivity index (χ2v) is 13.1. The zero-order valence-electron chi connectivity index (χ0n) is 19.5. The third kappa shape index (κ3) is 5.57. The fourth-order valence-electron chi connectivity index (χ4n) is 3.78. The van der Waals surface area contributed by atoms with Gasteiger partial charge in [-0.05, 0) is 96.8 Å². The van der Waals surface area contributed by atoms with Crippen LogP contribution < -0.4 is 26.6 Å². The van der Waals surface area contributed by atoms with Gasteiger partial charge >= 0.3 is 11.7 Å². The fourth-order valence-corrected chi connectivity index (χ4v) is 6.73. The van der Waals surface area contributed by atoms with Gasteiger partial charge in [0.15, 0.2) is 0 Å². The van der Waals surface area contributed by atoms with E-state index in [1.807, 2.05) is 33.4 Å². The quantitative estimate of drug-likeness (QED) is 0.223.